The van der Waals surface area contributed by atoms with Crippen LogP contribution in [0, 0.1) is 5.82 Å². The summed E-state index contributed by atoms with van der Waals surface area (Å²) in [5.74, 6) is 0.221. The number of hydrogen-bond acceptors (Lipinski definition) is 3. The van der Waals surface area contributed by atoms with E-state index in [1.807, 2.05) is 29.2 Å². The quantitative estimate of drug-likeness (QED) is 0.481. The first kappa shape index (κ1) is 21.6. The number of aromatic nitrogens is 1. The molecule has 0 N–H and O–H groups in total. The number of piperidine rings is 1. The largest absolute Gasteiger partial charge is 0.481 e. The molecular weight excluding hydrogens is 415 g/mol. The van der Waals surface area contributed by atoms with E-state index >= 15 is 0 Å². The molecule has 162 valence electrons. The van der Waals surface area contributed by atoms with Gasteiger partial charge in [0.25, 0.3) is 5.91 Å². The van der Waals surface area contributed by atoms with Crippen LogP contribution in [-0.4, -0.2) is 34.0 Å². The zero-order chi connectivity index (χ0) is 22.1. The fourth-order valence-corrected chi connectivity index (χ4v) is 4.73. The van der Waals surface area contributed by atoms with Gasteiger partial charge in [0.15, 0.2) is 6.10 Å². The standard InChI is InChI=1S/C25H26ClFN2O2/c1-15-5-4-6-16(2)29(15)25(30)17(3)31-19-8-10-22-20(11-12-28-24(22)14-19)21-9-7-18(27)13-23(21)26/h7-17H,4-6H2,1-3H3. The first-order valence-corrected chi connectivity index (χ1v) is 11.1. The Morgan fingerprint density at radius 1 is 1.13 bits per heavy atom. The van der Waals surface area contributed by atoms with Crippen molar-refractivity contribution in [2.24, 2.45) is 0 Å². The molecule has 3 unspecified atom stereocenters. The summed E-state index contributed by atoms with van der Waals surface area (Å²) in [5, 5.41) is 1.22. The summed E-state index contributed by atoms with van der Waals surface area (Å²) in [5.41, 5.74) is 2.32. The Balaban J connectivity index is 1.59. The van der Waals surface area contributed by atoms with Crippen LogP contribution in [0.15, 0.2) is 48.7 Å². The summed E-state index contributed by atoms with van der Waals surface area (Å²) >= 11 is 6.27. The molecule has 1 fully saturated rings. The molecule has 6 heteroatoms. The van der Waals surface area contributed by atoms with Crippen LogP contribution in [0.5, 0.6) is 5.75 Å². The minimum Gasteiger partial charge on any atom is -0.481 e. The van der Waals surface area contributed by atoms with Gasteiger partial charge in [-0.1, -0.05) is 11.6 Å². The Morgan fingerprint density at radius 2 is 1.87 bits per heavy atom. The van der Waals surface area contributed by atoms with E-state index in [0.29, 0.717) is 10.8 Å². The average molecular weight is 441 g/mol. The normalized spacial score (nSPS) is 20.0. The van der Waals surface area contributed by atoms with E-state index in [9.17, 15) is 9.18 Å². The lowest BCUT2D eigenvalue weighted by Crippen LogP contribution is -2.51. The van der Waals surface area contributed by atoms with Crippen LogP contribution in [0.25, 0.3) is 22.0 Å². The SMILES string of the molecule is CC(Oc1ccc2c(-c3ccc(F)cc3Cl)ccnc2c1)C(=O)N1C(C)CCCC1C. The minimum atomic E-state index is -0.588. The number of carbonyl (C=O) groups excluding carboxylic acids is 1. The molecule has 2 heterocycles. The van der Waals surface area contributed by atoms with Gasteiger partial charge in [0.05, 0.1) is 10.5 Å². The third kappa shape index (κ3) is 4.38. The summed E-state index contributed by atoms with van der Waals surface area (Å²) < 4.78 is 19.5. The summed E-state index contributed by atoms with van der Waals surface area (Å²) in [6, 6.07) is 12.2. The number of carbonyl (C=O) groups is 1. The van der Waals surface area contributed by atoms with Gasteiger partial charge < -0.3 is 9.64 Å². The molecule has 0 bridgehead atoms. The van der Waals surface area contributed by atoms with Crippen LogP contribution in [-0.2, 0) is 4.79 Å². The van der Waals surface area contributed by atoms with Crippen molar-refractivity contribution in [3.63, 3.8) is 0 Å². The van der Waals surface area contributed by atoms with Crippen LogP contribution < -0.4 is 4.74 Å². The summed E-state index contributed by atoms with van der Waals surface area (Å²) in [6.07, 6.45) is 4.30. The van der Waals surface area contributed by atoms with Crippen LogP contribution in [0.4, 0.5) is 4.39 Å². The van der Waals surface area contributed by atoms with Gasteiger partial charge in [-0.05, 0) is 82.0 Å². The van der Waals surface area contributed by atoms with Gasteiger partial charge in [-0.25, -0.2) is 4.39 Å². The number of benzene rings is 2. The lowest BCUT2D eigenvalue weighted by Gasteiger charge is -2.40. The van der Waals surface area contributed by atoms with Crippen molar-refractivity contribution in [2.75, 3.05) is 0 Å². The van der Waals surface area contributed by atoms with Crippen molar-refractivity contribution in [3.05, 3.63) is 59.5 Å². The highest BCUT2D eigenvalue weighted by Gasteiger charge is 2.32. The molecule has 0 spiro atoms. The average Bonchev–Trinajstić information content (AvgIpc) is 2.73. The summed E-state index contributed by atoms with van der Waals surface area (Å²) in [7, 11) is 0. The number of amides is 1. The van der Waals surface area contributed by atoms with Crippen molar-refractivity contribution in [3.8, 4) is 16.9 Å². The maximum Gasteiger partial charge on any atom is 0.263 e. The number of ether oxygens (including phenoxy) is 1. The molecular formula is C25H26ClFN2O2. The third-order valence-corrected chi connectivity index (χ3v) is 6.36. The maximum absolute atomic E-state index is 13.5. The van der Waals surface area contributed by atoms with Gasteiger partial charge in [-0.2, -0.15) is 0 Å². The number of nitrogens with zero attached hydrogens (tertiary/aromatic N) is 2. The Morgan fingerprint density at radius 3 is 2.58 bits per heavy atom. The molecule has 4 rings (SSSR count). The first-order valence-electron chi connectivity index (χ1n) is 10.7. The minimum absolute atomic E-state index is 0.0135. The monoisotopic (exact) mass is 440 g/mol. The Bertz CT molecular complexity index is 1110. The summed E-state index contributed by atoms with van der Waals surface area (Å²) in [4.78, 5) is 19.4. The smallest absolute Gasteiger partial charge is 0.263 e. The number of halogens is 2. The van der Waals surface area contributed by atoms with E-state index in [-0.39, 0.29) is 23.8 Å². The van der Waals surface area contributed by atoms with Crippen molar-refractivity contribution >= 4 is 28.4 Å². The fourth-order valence-electron chi connectivity index (χ4n) is 4.46. The van der Waals surface area contributed by atoms with Crippen LogP contribution >= 0.6 is 11.6 Å². The molecule has 1 aliphatic heterocycles. The second-order valence-electron chi connectivity index (χ2n) is 8.30. The van der Waals surface area contributed by atoms with Crippen LogP contribution in [0.1, 0.15) is 40.0 Å². The van der Waals surface area contributed by atoms with Gasteiger partial charge in [-0.15, -0.1) is 0 Å². The number of fused-ring (bicyclic) bond motifs is 1. The first-order chi connectivity index (χ1) is 14.8. The predicted molar refractivity (Wildman–Crippen MR) is 122 cm³/mol. The van der Waals surface area contributed by atoms with Gasteiger partial charge in [-0.3, -0.25) is 9.78 Å². The van der Waals surface area contributed by atoms with Gasteiger partial charge >= 0.3 is 0 Å². The Hall–Kier alpha value is -2.66. The maximum atomic E-state index is 13.5. The zero-order valence-corrected chi connectivity index (χ0v) is 18.7. The highest BCUT2D eigenvalue weighted by molar-refractivity contribution is 6.33. The fraction of sp³-hybridized carbons (Fsp3) is 0.360. The van der Waals surface area contributed by atoms with Crippen LogP contribution in [0.3, 0.4) is 0 Å². The van der Waals surface area contributed by atoms with Gasteiger partial charge in [0.2, 0.25) is 0 Å². The van der Waals surface area contributed by atoms with E-state index in [1.54, 1.807) is 19.2 Å². The molecule has 31 heavy (non-hydrogen) atoms. The molecule has 1 amide bonds. The van der Waals surface area contributed by atoms with E-state index in [1.165, 1.54) is 12.1 Å². The number of pyridine rings is 1. The van der Waals surface area contributed by atoms with Crippen molar-refractivity contribution < 1.29 is 13.9 Å². The third-order valence-electron chi connectivity index (χ3n) is 6.04. The lowest BCUT2D eigenvalue weighted by molar-refractivity contribution is -0.144. The highest BCUT2D eigenvalue weighted by Crippen LogP contribution is 2.34. The van der Waals surface area contributed by atoms with E-state index in [4.69, 9.17) is 16.3 Å². The van der Waals surface area contributed by atoms with Crippen molar-refractivity contribution in [1.82, 2.24) is 9.88 Å². The molecule has 4 nitrogen and oxygen atoms in total. The molecule has 3 aromatic rings. The van der Waals surface area contributed by atoms with Crippen LogP contribution in [0.2, 0.25) is 5.02 Å². The van der Waals surface area contributed by atoms with Gasteiger partial charge in [0, 0.05) is 35.3 Å². The van der Waals surface area contributed by atoms with Gasteiger partial charge in [0.1, 0.15) is 11.6 Å². The van der Waals surface area contributed by atoms with E-state index < -0.39 is 6.10 Å². The molecule has 2 aromatic carbocycles. The van der Waals surface area contributed by atoms with Crippen molar-refractivity contribution in [1.29, 1.82) is 0 Å². The molecule has 1 aliphatic rings. The second-order valence-corrected chi connectivity index (χ2v) is 8.70. The highest BCUT2D eigenvalue weighted by atomic mass is 35.5. The second kappa shape index (κ2) is 8.83. The number of likely N-dealkylation sites (tertiary alicyclic amines) is 1. The summed E-state index contributed by atoms with van der Waals surface area (Å²) in [6.45, 7) is 5.99. The number of hydrogen-bond donors (Lipinski definition) is 0. The molecule has 0 aliphatic carbocycles. The molecule has 1 saturated heterocycles. The molecule has 0 radical (unpaired) electrons. The molecule has 1 aromatic heterocycles. The van der Waals surface area contributed by atoms with Crippen molar-refractivity contribution in [2.45, 2.75) is 58.2 Å². The Labute approximate surface area is 187 Å². The van der Waals surface area contributed by atoms with E-state index in [0.717, 1.165) is 41.3 Å². The lowest BCUT2D eigenvalue weighted by atomic mass is 9.97. The van der Waals surface area contributed by atoms with E-state index in [2.05, 4.69) is 18.8 Å². The zero-order valence-electron chi connectivity index (χ0n) is 17.9. The predicted octanol–water partition coefficient (Wildman–Crippen LogP) is 6.25. The topological polar surface area (TPSA) is 42.4 Å². The molecule has 0 saturated carbocycles. The Kier molecular flexibility index (Phi) is 6.15. The molecule has 3 atom stereocenters. The number of rotatable bonds is 4.